The third-order valence-corrected chi connectivity index (χ3v) is 3.70. The summed E-state index contributed by atoms with van der Waals surface area (Å²) < 4.78 is 27.2. The molecule has 2 rings (SSSR count). The lowest BCUT2D eigenvalue weighted by molar-refractivity contribution is 0.555. The number of aromatic amines is 1. The van der Waals surface area contributed by atoms with Gasteiger partial charge in [-0.25, -0.2) is 13.2 Å². The van der Waals surface area contributed by atoms with Gasteiger partial charge in [0.2, 0.25) is 0 Å². The van der Waals surface area contributed by atoms with E-state index in [1.165, 1.54) is 6.26 Å². The molecule has 104 valence electrons. The maximum absolute atomic E-state index is 11.1. The van der Waals surface area contributed by atoms with E-state index in [1.54, 1.807) is 24.1 Å². The molecule has 0 spiro atoms. The molecule has 3 N–H and O–H groups in total. The Kier molecular flexibility index (Phi) is 3.27. The van der Waals surface area contributed by atoms with Gasteiger partial charge in [-0.3, -0.25) is 4.98 Å². The van der Waals surface area contributed by atoms with E-state index in [9.17, 15) is 13.2 Å². The molecule has 1 heterocycles. The minimum absolute atomic E-state index is 0.0306. The molecule has 0 unspecified atom stereocenters. The fourth-order valence-corrected chi connectivity index (χ4v) is 2.36. The van der Waals surface area contributed by atoms with Gasteiger partial charge in [0.15, 0.2) is 5.58 Å². The Bertz CT molecular complexity index is 760. The van der Waals surface area contributed by atoms with Gasteiger partial charge in [-0.15, -0.1) is 0 Å². The predicted octanol–water partition coefficient (Wildman–Crippen LogP) is 0.184. The molecule has 0 aliphatic heterocycles. The first-order valence-electron chi connectivity index (χ1n) is 5.57. The Balaban J connectivity index is 2.33. The highest BCUT2D eigenvalue weighted by molar-refractivity contribution is 7.90. The average Bonchev–Trinajstić information content (AvgIpc) is 2.63. The summed E-state index contributed by atoms with van der Waals surface area (Å²) in [6.07, 6.45) is 1.18. The van der Waals surface area contributed by atoms with Gasteiger partial charge in [0.05, 0.1) is 22.6 Å². The van der Waals surface area contributed by atoms with Crippen molar-refractivity contribution in [1.29, 1.82) is 0 Å². The molecule has 7 nitrogen and oxygen atoms in total. The molecule has 0 fully saturated rings. The largest absolute Gasteiger partial charge is 0.417 e. The first-order chi connectivity index (χ1) is 8.76. The Morgan fingerprint density at radius 3 is 2.74 bits per heavy atom. The van der Waals surface area contributed by atoms with Gasteiger partial charge >= 0.3 is 5.76 Å². The van der Waals surface area contributed by atoms with Gasteiger partial charge < -0.3 is 15.1 Å². The van der Waals surface area contributed by atoms with Crippen molar-refractivity contribution < 1.29 is 12.8 Å². The lowest BCUT2D eigenvalue weighted by atomic mass is 10.2. The second-order valence-electron chi connectivity index (χ2n) is 4.47. The van der Waals surface area contributed by atoms with Gasteiger partial charge in [-0.2, -0.15) is 0 Å². The van der Waals surface area contributed by atoms with Crippen LogP contribution in [0.1, 0.15) is 0 Å². The SMILES string of the molecule is CN(CCS(C)(=O)=O)c1cc2[nH]c(=O)oc2cc1N. The lowest BCUT2D eigenvalue weighted by Gasteiger charge is -2.20. The molecule has 1 aromatic carbocycles. The number of fused-ring (bicyclic) bond motifs is 1. The monoisotopic (exact) mass is 285 g/mol. The predicted molar refractivity (Wildman–Crippen MR) is 74.2 cm³/mol. The summed E-state index contributed by atoms with van der Waals surface area (Å²) in [5, 5.41) is 0. The van der Waals surface area contributed by atoms with Crippen molar-refractivity contribution in [2.24, 2.45) is 0 Å². The molecule has 0 atom stereocenters. The summed E-state index contributed by atoms with van der Waals surface area (Å²) in [4.78, 5) is 15.3. The van der Waals surface area contributed by atoms with Gasteiger partial charge in [-0.1, -0.05) is 0 Å². The molecule has 0 saturated carbocycles. The summed E-state index contributed by atoms with van der Waals surface area (Å²) in [6, 6.07) is 3.21. The number of benzene rings is 1. The topological polar surface area (TPSA) is 109 Å². The number of oxazole rings is 1. The molecule has 2 aromatic rings. The van der Waals surface area contributed by atoms with Crippen molar-refractivity contribution in [3.05, 3.63) is 22.7 Å². The second kappa shape index (κ2) is 4.61. The molecular weight excluding hydrogens is 270 g/mol. The number of hydrogen-bond acceptors (Lipinski definition) is 6. The van der Waals surface area contributed by atoms with E-state index in [4.69, 9.17) is 10.2 Å². The normalized spacial score (nSPS) is 11.9. The summed E-state index contributed by atoms with van der Waals surface area (Å²) in [5.41, 5.74) is 7.84. The van der Waals surface area contributed by atoms with Crippen molar-refractivity contribution in [1.82, 2.24) is 4.98 Å². The highest BCUT2D eigenvalue weighted by Gasteiger charge is 2.12. The number of rotatable bonds is 4. The van der Waals surface area contributed by atoms with Crippen molar-refractivity contribution in [3.63, 3.8) is 0 Å². The average molecular weight is 285 g/mol. The minimum atomic E-state index is -3.04. The molecule has 0 amide bonds. The number of nitrogens with zero attached hydrogens (tertiary/aromatic N) is 1. The van der Waals surface area contributed by atoms with Gasteiger partial charge in [0.25, 0.3) is 0 Å². The fourth-order valence-electron chi connectivity index (χ4n) is 1.76. The fraction of sp³-hybridized carbons (Fsp3) is 0.364. The number of anilines is 2. The summed E-state index contributed by atoms with van der Waals surface area (Å²) in [6.45, 7) is 0.316. The number of aromatic nitrogens is 1. The number of sulfone groups is 1. The van der Waals surface area contributed by atoms with E-state index in [0.717, 1.165) is 0 Å². The quantitative estimate of drug-likeness (QED) is 0.776. The van der Waals surface area contributed by atoms with E-state index in [-0.39, 0.29) is 5.75 Å². The molecule has 0 radical (unpaired) electrons. The standard InChI is InChI=1S/C11H15N3O4S/c1-14(3-4-19(2,16)17)9-6-8-10(5-7(9)12)18-11(15)13-8/h5-6H,3-4,12H2,1-2H3,(H,13,15). The van der Waals surface area contributed by atoms with Crippen LogP contribution < -0.4 is 16.4 Å². The smallest absolute Gasteiger partial charge is 0.408 e. The number of nitrogens with one attached hydrogen (secondary N) is 1. The van der Waals surface area contributed by atoms with Gasteiger partial charge in [-0.05, 0) is 6.07 Å². The first kappa shape index (κ1) is 13.5. The van der Waals surface area contributed by atoms with Crippen LogP contribution in [0.2, 0.25) is 0 Å². The van der Waals surface area contributed by atoms with Crippen LogP contribution in [0.5, 0.6) is 0 Å². The van der Waals surface area contributed by atoms with Crippen molar-refractivity contribution >= 4 is 32.3 Å². The number of H-pyrrole nitrogens is 1. The lowest BCUT2D eigenvalue weighted by Crippen LogP contribution is -2.25. The molecule has 0 aliphatic rings. The van der Waals surface area contributed by atoms with E-state index in [1.807, 2.05) is 0 Å². The van der Waals surface area contributed by atoms with Gasteiger partial charge in [0, 0.05) is 25.9 Å². The van der Waals surface area contributed by atoms with Crippen molar-refractivity contribution in [2.45, 2.75) is 0 Å². The van der Waals surface area contributed by atoms with Crippen LogP contribution in [0.15, 0.2) is 21.3 Å². The van der Waals surface area contributed by atoms with E-state index in [2.05, 4.69) is 4.98 Å². The molecule has 0 bridgehead atoms. The number of nitrogen functional groups attached to an aromatic ring is 1. The van der Waals surface area contributed by atoms with Crippen LogP contribution in [0.25, 0.3) is 11.1 Å². The van der Waals surface area contributed by atoms with Crippen LogP contribution in [-0.4, -0.2) is 39.0 Å². The minimum Gasteiger partial charge on any atom is -0.408 e. The van der Waals surface area contributed by atoms with Crippen molar-refractivity contribution in [3.8, 4) is 0 Å². The van der Waals surface area contributed by atoms with E-state index >= 15 is 0 Å². The number of nitrogens with two attached hydrogens (primary N) is 1. The maximum Gasteiger partial charge on any atom is 0.417 e. The maximum atomic E-state index is 11.1. The summed E-state index contributed by atoms with van der Waals surface area (Å²) in [5.74, 6) is -0.520. The highest BCUT2D eigenvalue weighted by atomic mass is 32.2. The van der Waals surface area contributed by atoms with Crippen LogP contribution in [-0.2, 0) is 9.84 Å². The van der Waals surface area contributed by atoms with Crippen LogP contribution >= 0.6 is 0 Å². The van der Waals surface area contributed by atoms with Crippen LogP contribution in [0.3, 0.4) is 0 Å². The van der Waals surface area contributed by atoms with Crippen LogP contribution in [0, 0.1) is 0 Å². The summed E-state index contributed by atoms with van der Waals surface area (Å²) >= 11 is 0. The zero-order valence-electron chi connectivity index (χ0n) is 10.6. The van der Waals surface area contributed by atoms with E-state index in [0.29, 0.717) is 29.0 Å². The molecule has 1 aromatic heterocycles. The van der Waals surface area contributed by atoms with E-state index < -0.39 is 15.6 Å². The second-order valence-corrected chi connectivity index (χ2v) is 6.73. The third-order valence-electron chi connectivity index (χ3n) is 2.78. The zero-order chi connectivity index (χ0) is 14.2. The Morgan fingerprint density at radius 1 is 1.42 bits per heavy atom. The zero-order valence-corrected chi connectivity index (χ0v) is 11.5. The third kappa shape index (κ3) is 3.08. The summed E-state index contributed by atoms with van der Waals surface area (Å²) in [7, 11) is -1.30. The number of hydrogen-bond donors (Lipinski definition) is 2. The Morgan fingerprint density at radius 2 is 2.11 bits per heavy atom. The van der Waals surface area contributed by atoms with Crippen molar-refractivity contribution in [2.75, 3.05) is 36.2 Å². The molecule has 8 heteroatoms. The molecule has 19 heavy (non-hydrogen) atoms. The van der Waals surface area contributed by atoms with Gasteiger partial charge in [0.1, 0.15) is 9.84 Å². The molecule has 0 aliphatic carbocycles. The highest BCUT2D eigenvalue weighted by Crippen LogP contribution is 2.27. The Labute approximate surface area is 109 Å². The first-order valence-corrected chi connectivity index (χ1v) is 7.63. The molecule has 0 saturated heterocycles. The van der Waals surface area contributed by atoms with Crippen LogP contribution in [0.4, 0.5) is 11.4 Å². The Hall–Kier alpha value is -1.96. The molecular formula is C11H15N3O4S.